The normalized spacial score (nSPS) is 20.6. The number of aliphatic imine (C=N–C) groups is 2. The van der Waals surface area contributed by atoms with Gasteiger partial charge in [0, 0.05) is 19.5 Å². The highest BCUT2D eigenvalue weighted by molar-refractivity contribution is 7.14. The molecule has 12 rings (SSSR count). The second kappa shape index (κ2) is 8.70. The predicted molar refractivity (Wildman–Crippen MR) is 181 cm³/mol. The van der Waals surface area contributed by atoms with Crippen molar-refractivity contribution in [1.29, 1.82) is 0 Å². The fourth-order valence-electron chi connectivity index (χ4n) is 7.60. The van der Waals surface area contributed by atoms with E-state index in [1.165, 1.54) is 63.6 Å². The van der Waals surface area contributed by atoms with Crippen molar-refractivity contribution in [3.8, 4) is 20.9 Å². The highest BCUT2D eigenvalue weighted by Crippen LogP contribution is 2.55. The van der Waals surface area contributed by atoms with Gasteiger partial charge in [0.15, 0.2) is 11.6 Å². The first-order valence-corrected chi connectivity index (χ1v) is 18.3. The van der Waals surface area contributed by atoms with E-state index in [1.54, 1.807) is 48.5 Å². The Morgan fingerprint density at radius 1 is 0.531 bits per heavy atom. The van der Waals surface area contributed by atoms with E-state index in [2.05, 4.69) is 0 Å². The summed E-state index contributed by atoms with van der Waals surface area (Å²) < 4.78 is 74.7. The van der Waals surface area contributed by atoms with E-state index in [4.69, 9.17) is 20.0 Å². The van der Waals surface area contributed by atoms with Gasteiger partial charge in [0.25, 0.3) is 23.0 Å². The van der Waals surface area contributed by atoms with E-state index in [-0.39, 0.29) is 68.2 Å². The maximum atomic E-state index is 17.2. The molecule has 12 heterocycles. The van der Waals surface area contributed by atoms with Gasteiger partial charge in [0.2, 0.25) is 23.0 Å². The van der Waals surface area contributed by atoms with Crippen molar-refractivity contribution in [3.05, 3.63) is 114 Å². The number of rotatable bonds is 4. The zero-order valence-corrected chi connectivity index (χ0v) is 27.4. The maximum Gasteiger partial charge on any atom is 0.405 e. The highest BCUT2D eigenvalue weighted by atomic mass is 32.1. The molecule has 0 bridgehead atoms. The van der Waals surface area contributed by atoms with Gasteiger partial charge in [0.1, 0.15) is 11.1 Å². The number of nitrogens with zero attached hydrogens (tertiary/aromatic N) is 8. The molecule has 0 fully saturated rings. The van der Waals surface area contributed by atoms with Crippen molar-refractivity contribution in [2.75, 3.05) is 0 Å². The van der Waals surface area contributed by atoms with Crippen LogP contribution in [0.15, 0.2) is 102 Å². The van der Waals surface area contributed by atoms with Gasteiger partial charge >= 0.3 is 17.6 Å². The molecule has 1 spiro atoms. The summed E-state index contributed by atoms with van der Waals surface area (Å²) in [5, 5.41) is 7.23. The SMILES string of the molecule is FC1=C(c2cccs2)C2=Nc3c(F)c(-c4cccs4)c4n3C35n6c(c(F)c(-c7cccs7)c6=NC1=[N+]23)=NC1=[N+]5C(=N4)C(F)=C1c1cccs1. The van der Waals surface area contributed by atoms with Crippen LogP contribution in [-0.4, -0.2) is 41.6 Å². The minimum absolute atomic E-state index is 0.0581. The van der Waals surface area contributed by atoms with Crippen molar-refractivity contribution in [3.63, 3.8) is 0 Å². The molecule has 49 heavy (non-hydrogen) atoms. The zero-order chi connectivity index (χ0) is 32.5. The van der Waals surface area contributed by atoms with E-state index < -0.39 is 29.2 Å². The molecule has 0 aromatic carbocycles. The monoisotopic (exact) mass is 724 g/mol. The Bertz CT molecular complexity index is 2900. The number of amidine groups is 4. The third kappa shape index (κ3) is 2.83. The minimum Gasteiger partial charge on any atom is -0.200 e. The molecule has 0 saturated heterocycles. The Morgan fingerprint density at radius 3 is 1.76 bits per heavy atom. The lowest BCUT2D eigenvalue weighted by Crippen LogP contribution is -2.72. The lowest BCUT2D eigenvalue weighted by molar-refractivity contribution is -0.790. The van der Waals surface area contributed by atoms with Gasteiger partial charge in [-0.15, -0.1) is 54.5 Å². The Balaban J connectivity index is 1.35. The average Bonchev–Trinajstić information content (AvgIpc) is 3.95. The van der Waals surface area contributed by atoms with Crippen LogP contribution in [0, 0.1) is 11.6 Å². The average molecular weight is 725 g/mol. The number of aromatic nitrogens is 2. The van der Waals surface area contributed by atoms with Crippen LogP contribution < -0.4 is 11.0 Å². The number of halogens is 4. The summed E-state index contributed by atoms with van der Waals surface area (Å²) in [5.74, 6) is -5.10. The standard InChI is InChI=1S/C33H12F4N8S4/c34-21-17(13-5-1-9-46-13)25-38-30-22(35)18(14-6-2-10-47-14)27-40-32-24(37)20(16-8-4-12-49-16)28-41-31-23(36)19(15-7-3-11-48-15)26-39-29(21)42(25)33(43(27)30,44(26)31)45(28)32/h1-12H/q+2. The first-order valence-electron chi connectivity index (χ1n) is 14.8. The number of hydrogen-bond donors (Lipinski definition) is 0. The maximum absolute atomic E-state index is 17.2. The third-order valence-corrected chi connectivity index (χ3v) is 12.9. The summed E-state index contributed by atoms with van der Waals surface area (Å²) >= 11 is 5.18. The van der Waals surface area contributed by atoms with Crippen LogP contribution in [0.2, 0.25) is 0 Å². The van der Waals surface area contributed by atoms with Gasteiger partial charge in [0.05, 0.1) is 11.1 Å². The molecule has 6 aliphatic heterocycles. The van der Waals surface area contributed by atoms with Gasteiger partial charge in [-0.25, -0.2) is 8.78 Å². The minimum atomic E-state index is -1.93. The molecule has 0 radical (unpaired) electrons. The molecule has 0 N–H and O–H groups in total. The van der Waals surface area contributed by atoms with E-state index in [9.17, 15) is 0 Å². The molecular formula is C33H12F4N8S4+2. The van der Waals surface area contributed by atoms with Crippen molar-refractivity contribution >= 4 is 91.5 Å². The van der Waals surface area contributed by atoms with Crippen molar-refractivity contribution in [2.24, 2.45) is 20.0 Å². The van der Waals surface area contributed by atoms with Crippen molar-refractivity contribution < 1.29 is 26.7 Å². The smallest absolute Gasteiger partial charge is 0.200 e. The van der Waals surface area contributed by atoms with Crippen LogP contribution in [0.4, 0.5) is 29.2 Å². The highest BCUT2D eigenvalue weighted by Gasteiger charge is 2.71. The van der Waals surface area contributed by atoms with Crippen LogP contribution in [0.3, 0.4) is 0 Å². The molecule has 1 atom stereocenters. The Labute approximate surface area is 286 Å². The van der Waals surface area contributed by atoms with E-state index in [0.29, 0.717) is 19.5 Å². The van der Waals surface area contributed by atoms with Crippen LogP contribution in [0.25, 0.3) is 32.0 Å². The summed E-state index contributed by atoms with van der Waals surface area (Å²) in [6, 6.07) is 14.1. The summed E-state index contributed by atoms with van der Waals surface area (Å²) in [6.07, 6.45) is 0. The number of thiophene rings is 4. The molecule has 0 amide bonds. The molecule has 0 saturated carbocycles. The predicted octanol–water partition coefficient (Wildman–Crippen LogP) is 7.23. The van der Waals surface area contributed by atoms with Crippen LogP contribution in [0.5, 0.6) is 0 Å². The van der Waals surface area contributed by atoms with E-state index in [1.807, 2.05) is 21.5 Å². The van der Waals surface area contributed by atoms with E-state index >= 15 is 17.6 Å². The van der Waals surface area contributed by atoms with Crippen molar-refractivity contribution in [1.82, 2.24) is 9.13 Å². The lowest BCUT2D eigenvalue weighted by atomic mass is 10.2. The second-order valence-electron chi connectivity index (χ2n) is 11.6. The topological polar surface area (TPSA) is 65.3 Å². The molecule has 6 aliphatic rings. The first kappa shape index (κ1) is 26.8. The molecule has 0 aliphatic carbocycles. The molecule has 234 valence electrons. The van der Waals surface area contributed by atoms with Gasteiger partial charge in [-0.2, -0.15) is 17.9 Å². The largest absolute Gasteiger partial charge is 0.405 e. The Morgan fingerprint density at radius 2 is 1.10 bits per heavy atom. The molecule has 6 aromatic rings. The Kier molecular flexibility index (Phi) is 4.75. The molecule has 16 heteroatoms. The molecule has 6 aromatic heterocycles. The van der Waals surface area contributed by atoms with Gasteiger partial charge in [-0.3, -0.25) is 0 Å². The van der Waals surface area contributed by atoms with E-state index in [0.717, 1.165) is 0 Å². The Hall–Kier alpha value is -5.16. The fraction of sp³-hybridized carbons (Fsp3) is 0.0303. The summed E-state index contributed by atoms with van der Waals surface area (Å²) in [7, 11) is 0. The third-order valence-electron chi connectivity index (χ3n) is 9.37. The second-order valence-corrected chi connectivity index (χ2v) is 15.4. The molecular weight excluding hydrogens is 713 g/mol. The first-order chi connectivity index (χ1) is 24.0. The van der Waals surface area contributed by atoms with Crippen LogP contribution in [-0.2, 0) is 5.91 Å². The quantitative estimate of drug-likeness (QED) is 0.136. The van der Waals surface area contributed by atoms with Crippen LogP contribution >= 0.6 is 45.3 Å². The van der Waals surface area contributed by atoms with Gasteiger partial charge in [-0.05, 0) is 45.8 Å². The molecule has 8 nitrogen and oxygen atoms in total. The van der Waals surface area contributed by atoms with Crippen molar-refractivity contribution in [2.45, 2.75) is 5.91 Å². The van der Waals surface area contributed by atoms with Gasteiger partial charge < -0.3 is 0 Å². The van der Waals surface area contributed by atoms with Crippen LogP contribution in [0.1, 0.15) is 9.75 Å². The summed E-state index contributed by atoms with van der Waals surface area (Å²) in [4.78, 5) is 21.4. The fourth-order valence-corrected chi connectivity index (χ4v) is 10.6. The summed E-state index contributed by atoms with van der Waals surface area (Å²) in [5.41, 5.74) is 0.339. The lowest BCUT2D eigenvalue weighted by Gasteiger charge is -2.40. The number of hydrogen-bond acceptors (Lipinski definition) is 8. The summed E-state index contributed by atoms with van der Waals surface area (Å²) in [6.45, 7) is 0. The molecule has 1 unspecified atom stereocenters. The zero-order valence-electron chi connectivity index (χ0n) is 24.2. The van der Waals surface area contributed by atoms with Gasteiger partial charge in [-0.1, -0.05) is 44.2 Å².